The molecule has 0 aliphatic carbocycles. The van der Waals surface area contributed by atoms with Crippen molar-refractivity contribution >= 4 is 40.1 Å². The van der Waals surface area contributed by atoms with Crippen molar-refractivity contribution in [2.24, 2.45) is 0 Å². The summed E-state index contributed by atoms with van der Waals surface area (Å²) in [6.07, 6.45) is 1.58. The highest BCUT2D eigenvalue weighted by Crippen LogP contribution is 2.36. The lowest BCUT2D eigenvalue weighted by atomic mass is 10.1. The quantitative estimate of drug-likeness (QED) is 0.660. The standard InChI is InChI=1S/C18H19N5O3/c1-4-19-15-14-11(7-8-25-14)22-17(23-15)20-10-5-6-13-12(9-10)21-16(24)18(2,3)26-13/h5-9H,4H2,1-3H3,(H,21,24)(H2,19,20,22,23). The van der Waals surface area contributed by atoms with Gasteiger partial charge >= 0.3 is 0 Å². The van der Waals surface area contributed by atoms with E-state index in [9.17, 15) is 4.79 Å². The van der Waals surface area contributed by atoms with Crippen LogP contribution in [0.4, 0.5) is 23.1 Å². The van der Waals surface area contributed by atoms with E-state index in [1.54, 1.807) is 38.3 Å². The fourth-order valence-corrected chi connectivity index (χ4v) is 2.72. The molecule has 26 heavy (non-hydrogen) atoms. The number of benzene rings is 1. The minimum Gasteiger partial charge on any atom is -0.476 e. The molecule has 2 aromatic heterocycles. The van der Waals surface area contributed by atoms with Gasteiger partial charge in [0.2, 0.25) is 5.95 Å². The van der Waals surface area contributed by atoms with Crippen molar-refractivity contribution in [3.63, 3.8) is 0 Å². The molecule has 1 amide bonds. The minimum atomic E-state index is -0.891. The van der Waals surface area contributed by atoms with Gasteiger partial charge in [-0.2, -0.15) is 4.98 Å². The van der Waals surface area contributed by atoms with Crippen molar-refractivity contribution in [3.05, 3.63) is 30.5 Å². The molecule has 0 bridgehead atoms. The van der Waals surface area contributed by atoms with E-state index < -0.39 is 5.60 Å². The second kappa shape index (κ2) is 5.91. The monoisotopic (exact) mass is 353 g/mol. The highest BCUT2D eigenvalue weighted by molar-refractivity contribution is 6.00. The van der Waals surface area contributed by atoms with Crippen LogP contribution in [0.15, 0.2) is 34.9 Å². The Labute approximate surface area is 150 Å². The first-order chi connectivity index (χ1) is 12.5. The first-order valence-electron chi connectivity index (χ1n) is 8.37. The van der Waals surface area contributed by atoms with Crippen LogP contribution in [0, 0.1) is 0 Å². The van der Waals surface area contributed by atoms with Crippen LogP contribution >= 0.6 is 0 Å². The topological polar surface area (TPSA) is 101 Å². The van der Waals surface area contributed by atoms with Crippen LogP contribution in [0.2, 0.25) is 0 Å². The van der Waals surface area contributed by atoms with E-state index in [1.165, 1.54) is 0 Å². The summed E-state index contributed by atoms with van der Waals surface area (Å²) in [4.78, 5) is 21.0. The summed E-state index contributed by atoms with van der Waals surface area (Å²) in [6, 6.07) is 7.23. The van der Waals surface area contributed by atoms with Gasteiger partial charge in [0.15, 0.2) is 17.0 Å². The van der Waals surface area contributed by atoms with Gasteiger partial charge in [0, 0.05) is 18.3 Å². The van der Waals surface area contributed by atoms with Crippen molar-refractivity contribution in [2.75, 3.05) is 22.5 Å². The number of hydrogen-bond donors (Lipinski definition) is 3. The average Bonchev–Trinajstić information content (AvgIpc) is 3.05. The Kier molecular flexibility index (Phi) is 3.68. The molecule has 0 saturated heterocycles. The Morgan fingerprint density at radius 3 is 2.88 bits per heavy atom. The van der Waals surface area contributed by atoms with Crippen LogP contribution in [-0.4, -0.2) is 28.0 Å². The smallest absolute Gasteiger partial charge is 0.268 e. The first kappa shape index (κ1) is 16.2. The van der Waals surface area contributed by atoms with Gasteiger partial charge in [-0.15, -0.1) is 0 Å². The number of aromatic nitrogens is 2. The molecular weight excluding hydrogens is 334 g/mol. The summed E-state index contributed by atoms with van der Waals surface area (Å²) >= 11 is 0. The maximum Gasteiger partial charge on any atom is 0.268 e. The highest BCUT2D eigenvalue weighted by Gasteiger charge is 2.35. The number of hydrogen-bond acceptors (Lipinski definition) is 7. The maximum atomic E-state index is 12.1. The second-order valence-electron chi connectivity index (χ2n) is 6.46. The zero-order valence-electron chi connectivity index (χ0n) is 14.7. The molecule has 134 valence electrons. The molecule has 8 heteroatoms. The van der Waals surface area contributed by atoms with Crippen molar-refractivity contribution in [2.45, 2.75) is 26.4 Å². The van der Waals surface area contributed by atoms with Gasteiger partial charge in [0.05, 0.1) is 12.0 Å². The molecule has 8 nitrogen and oxygen atoms in total. The lowest BCUT2D eigenvalue weighted by Crippen LogP contribution is -2.45. The first-order valence-corrected chi connectivity index (χ1v) is 8.37. The number of rotatable bonds is 4. The van der Waals surface area contributed by atoms with E-state index in [1.807, 2.05) is 13.0 Å². The Balaban J connectivity index is 1.65. The van der Waals surface area contributed by atoms with E-state index >= 15 is 0 Å². The molecule has 4 rings (SSSR count). The van der Waals surface area contributed by atoms with Gasteiger partial charge in [0.25, 0.3) is 5.91 Å². The number of nitrogens with one attached hydrogen (secondary N) is 3. The summed E-state index contributed by atoms with van der Waals surface area (Å²) in [6.45, 7) is 6.16. The molecule has 0 radical (unpaired) electrons. The molecule has 1 aliphatic rings. The number of amides is 1. The average molecular weight is 353 g/mol. The predicted octanol–water partition coefficient (Wildman–Crippen LogP) is 3.51. The zero-order valence-corrected chi connectivity index (χ0v) is 14.7. The van der Waals surface area contributed by atoms with Crippen molar-refractivity contribution in [1.29, 1.82) is 0 Å². The van der Waals surface area contributed by atoms with Crippen LogP contribution in [0.1, 0.15) is 20.8 Å². The third-order valence-electron chi connectivity index (χ3n) is 4.04. The van der Waals surface area contributed by atoms with Crippen molar-refractivity contribution in [3.8, 4) is 5.75 Å². The Bertz CT molecular complexity index is 996. The summed E-state index contributed by atoms with van der Waals surface area (Å²) < 4.78 is 11.2. The van der Waals surface area contributed by atoms with Gasteiger partial charge in [-0.05, 0) is 39.0 Å². The maximum absolute atomic E-state index is 12.1. The molecule has 0 unspecified atom stereocenters. The highest BCUT2D eigenvalue weighted by atomic mass is 16.5. The van der Waals surface area contributed by atoms with Crippen LogP contribution in [0.3, 0.4) is 0 Å². The third-order valence-corrected chi connectivity index (χ3v) is 4.04. The van der Waals surface area contributed by atoms with Crippen LogP contribution in [0.25, 0.3) is 11.1 Å². The molecule has 1 aromatic carbocycles. The van der Waals surface area contributed by atoms with E-state index in [2.05, 4.69) is 25.9 Å². The van der Waals surface area contributed by atoms with E-state index in [0.29, 0.717) is 40.8 Å². The Hall–Kier alpha value is -3.29. The van der Waals surface area contributed by atoms with Crippen LogP contribution in [0.5, 0.6) is 5.75 Å². The SMILES string of the molecule is CCNc1nc(Nc2ccc3c(c2)NC(=O)C(C)(C)O3)nc2ccoc12. The summed E-state index contributed by atoms with van der Waals surface area (Å²) in [7, 11) is 0. The number of anilines is 4. The lowest BCUT2D eigenvalue weighted by molar-refractivity contribution is -0.129. The molecule has 3 heterocycles. The lowest BCUT2D eigenvalue weighted by Gasteiger charge is -2.31. The van der Waals surface area contributed by atoms with Crippen LogP contribution < -0.4 is 20.7 Å². The molecular formula is C18H19N5O3. The molecule has 0 atom stereocenters. The molecule has 0 saturated carbocycles. The van der Waals surface area contributed by atoms with Gasteiger partial charge in [-0.25, -0.2) is 4.98 Å². The van der Waals surface area contributed by atoms with Gasteiger partial charge in [-0.3, -0.25) is 4.79 Å². The summed E-state index contributed by atoms with van der Waals surface area (Å²) in [5.41, 5.74) is 1.77. The Morgan fingerprint density at radius 1 is 1.23 bits per heavy atom. The van der Waals surface area contributed by atoms with E-state index in [4.69, 9.17) is 9.15 Å². The molecule has 3 N–H and O–H groups in total. The minimum absolute atomic E-state index is 0.187. The van der Waals surface area contributed by atoms with Gasteiger partial charge in [-0.1, -0.05) is 0 Å². The molecule has 3 aromatic rings. The fraction of sp³-hybridized carbons (Fsp3) is 0.278. The number of fused-ring (bicyclic) bond motifs is 2. The second-order valence-corrected chi connectivity index (χ2v) is 6.46. The molecule has 0 fully saturated rings. The van der Waals surface area contributed by atoms with Gasteiger partial charge < -0.3 is 25.1 Å². The van der Waals surface area contributed by atoms with Crippen LogP contribution in [-0.2, 0) is 4.79 Å². The zero-order chi connectivity index (χ0) is 18.3. The number of carbonyl (C=O) groups excluding carboxylic acids is 1. The van der Waals surface area contributed by atoms with Gasteiger partial charge in [0.1, 0.15) is 11.3 Å². The summed E-state index contributed by atoms with van der Waals surface area (Å²) in [5.74, 6) is 1.49. The van der Waals surface area contributed by atoms with E-state index in [-0.39, 0.29) is 5.91 Å². The number of carbonyl (C=O) groups is 1. The number of nitrogens with zero attached hydrogens (tertiary/aromatic N) is 2. The summed E-state index contributed by atoms with van der Waals surface area (Å²) in [5, 5.41) is 9.19. The van der Waals surface area contributed by atoms with Crippen molar-refractivity contribution in [1.82, 2.24) is 9.97 Å². The third kappa shape index (κ3) is 2.79. The Morgan fingerprint density at radius 2 is 2.08 bits per heavy atom. The normalized spacial score (nSPS) is 15.1. The fourth-order valence-electron chi connectivity index (χ4n) is 2.72. The number of ether oxygens (including phenoxy) is 1. The molecule has 0 spiro atoms. The van der Waals surface area contributed by atoms with E-state index in [0.717, 1.165) is 5.69 Å². The van der Waals surface area contributed by atoms with Crippen molar-refractivity contribution < 1.29 is 13.9 Å². The largest absolute Gasteiger partial charge is 0.476 e. The number of furan rings is 1. The molecule has 1 aliphatic heterocycles. The predicted molar refractivity (Wildman–Crippen MR) is 99.0 cm³/mol.